The number of nitrogens with zero attached hydrogens (tertiary/aromatic N) is 4. The van der Waals surface area contributed by atoms with E-state index in [0.717, 1.165) is 45.4 Å². The van der Waals surface area contributed by atoms with Crippen LogP contribution in [-0.4, -0.2) is 59.6 Å². The Morgan fingerprint density at radius 1 is 1.06 bits per heavy atom. The number of hydrogen-bond acceptors (Lipinski definition) is 6. The van der Waals surface area contributed by atoms with Crippen molar-refractivity contribution >= 4 is 28.7 Å². The Morgan fingerprint density at radius 2 is 1.79 bits per heavy atom. The smallest absolute Gasteiger partial charge is 0.251 e. The molecule has 4 aromatic rings. The fraction of sp³-hybridized carbons (Fsp3) is 0.269. The summed E-state index contributed by atoms with van der Waals surface area (Å²) in [6.07, 6.45) is 3.63. The number of imidazole rings is 1. The number of fused-ring (bicyclic) bond motifs is 1. The summed E-state index contributed by atoms with van der Waals surface area (Å²) < 4.78 is 7.47. The van der Waals surface area contributed by atoms with Gasteiger partial charge in [0.2, 0.25) is 0 Å². The minimum Gasteiger partial charge on any atom is -0.497 e. The first-order valence-corrected chi connectivity index (χ1v) is 12.1. The number of thioether (sulfide) groups is 1. The van der Waals surface area contributed by atoms with Gasteiger partial charge in [-0.15, -0.1) is 0 Å². The van der Waals surface area contributed by atoms with Gasteiger partial charge in [-0.3, -0.25) is 9.78 Å². The van der Waals surface area contributed by atoms with Crippen molar-refractivity contribution in [1.82, 2.24) is 24.8 Å². The first-order valence-electron chi connectivity index (χ1n) is 11.1. The molecule has 1 amide bonds. The van der Waals surface area contributed by atoms with Crippen LogP contribution in [0, 0.1) is 0 Å². The van der Waals surface area contributed by atoms with E-state index >= 15 is 0 Å². The Labute approximate surface area is 204 Å². The largest absolute Gasteiger partial charge is 0.497 e. The SMILES string of the molecule is COc1ccc(Cn2c(SCc3ccc(C(=O)NCCN(C)C)cc3)nc3ccncc32)cc1. The van der Waals surface area contributed by atoms with Gasteiger partial charge in [0.05, 0.1) is 30.9 Å². The summed E-state index contributed by atoms with van der Waals surface area (Å²) in [6, 6.07) is 17.8. The number of likely N-dealkylation sites (N-methyl/N-ethyl adjacent to an activating group) is 1. The van der Waals surface area contributed by atoms with Crippen molar-refractivity contribution in [2.45, 2.75) is 17.5 Å². The maximum atomic E-state index is 12.3. The summed E-state index contributed by atoms with van der Waals surface area (Å²) in [7, 11) is 5.64. The second-order valence-corrected chi connectivity index (χ2v) is 9.18. The van der Waals surface area contributed by atoms with Gasteiger partial charge in [-0.25, -0.2) is 4.98 Å². The van der Waals surface area contributed by atoms with E-state index in [2.05, 4.69) is 27.0 Å². The number of hydrogen-bond donors (Lipinski definition) is 1. The molecule has 2 heterocycles. The van der Waals surface area contributed by atoms with Gasteiger partial charge < -0.3 is 19.5 Å². The normalized spacial score (nSPS) is 11.2. The van der Waals surface area contributed by atoms with Crippen molar-refractivity contribution in [3.05, 3.63) is 83.7 Å². The molecule has 2 aromatic carbocycles. The van der Waals surface area contributed by atoms with Gasteiger partial charge in [0, 0.05) is 30.6 Å². The number of rotatable bonds is 10. The molecule has 0 unspecified atom stereocenters. The molecule has 0 fully saturated rings. The Hall–Kier alpha value is -3.36. The van der Waals surface area contributed by atoms with E-state index in [1.807, 2.05) is 67.7 Å². The number of pyridine rings is 1. The van der Waals surface area contributed by atoms with Gasteiger partial charge >= 0.3 is 0 Å². The molecule has 0 bridgehead atoms. The van der Waals surface area contributed by atoms with Crippen LogP contribution in [0.3, 0.4) is 0 Å². The van der Waals surface area contributed by atoms with Crippen LogP contribution in [0.4, 0.5) is 0 Å². The van der Waals surface area contributed by atoms with E-state index in [9.17, 15) is 4.79 Å². The van der Waals surface area contributed by atoms with Crippen LogP contribution < -0.4 is 10.1 Å². The fourth-order valence-electron chi connectivity index (χ4n) is 3.52. The van der Waals surface area contributed by atoms with Crippen LogP contribution in [0.1, 0.15) is 21.5 Å². The van der Waals surface area contributed by atoms with Crippen molar-refractivity contribution in [2.75, 3.05) is 34.3 Å². The lowest BCUT2D eigenvalue weighted by Gasteiger charge is -2.11. The average molecular weight is 476 g/mol. The van der Waals surface area contributed by atoms with Crippen LogP contribution in [0.15, 0.2) is 72.1 Å². The van der Waals surface area contributed by atoms with E-state index in [0.29, 0.717) is 18.7 Å². The molecule has 0 aliphatic heterocycles. The molecule has 7 nitrogen and oxygen atoms in total. The zero-order chi connectivity index (χ0) is 23.9. The molecule has 0 saturated heterocycles. The van der Waals surface area contributed by atoms with E-state index in [4.69, 9.17) is 9.72 Å². The number of aromatic nitrogens is 3. The monoisotopic (exact) mass is 475 g/mol. The number of nitrogens with one attached hydrogen (secondary N) is 1. The predicted molar refractivity (Wildman–Crippen MR) is 137 cm³/mol. The summed E-state index contributed by atoms with van der Waals surface area (Å²) in [5.41, 5.74) is 4.90. The van der Waals surface area contributed by atoms with Gasteiger partial charge in [-0.2, -0.15) is 0 Å². The molecule has 0 atom stereocenters. The highest BCUT2D eigenvalue weighted by molar-refractivity contribution is 7.98. The van der Waals surface area contributed by atoms with Crippen LogP contribution >= 0.6 is 11.8 Å². The average Bonchev–Trinajstić information content (AvgIpc) is 3.20. The van der Waals surface area contributed by atoms with Crippen LogP contribution in [0.5, 0.6) is 5.75 Å². The van der Waals surface area contributed by atoms with Crippen molar-refractivity contribution < 1.29 is 9.53 Å². The van der Waals surface area contributed by atoms with Crippen molar-refractivity contribution in [2.24, 2.45) is 0 Å². The van der Waals surface area contributed by atoms with Crippen molar-refractivity contribution in [3.8, 4) is 5.75 Å². The number of amides is 1. The van der Waals surface area contributed by atoms with Gasteiger partial charge in [0.25, 0.3) is 5.91 Å². The van der Waals surface area contributed by atoms with E-state index in [-0.39, 0.29) is 5.91 Å². The Balaban J connectivity index is 1.45. The lowest BCUT2D eigenvalue weighted by molar-refractivity contribution is 0.0951. The third kappa shape index (κ3) is 5.95. The lowest BCUT2D eigenvalue weighted by Crippen LogP contribution is -2.31. The predicted octanol–water partition coefficient (Wildman–Crippen LogP) is 4.07. The number of methoxy groups -OCH3 is 1. The Kier molecular flexibility index (Phi) is 7.82. The molecular formula is C26H29N5O2S. The second kappa shape index (κ2) is 11.2. The number of benzene rings is 2. The summed E-state index contributed by atoms with van der Waals surface area (Å²) in [5, 5.41) is 3.88. The highest BCUT2D eigenvalue weighted by atomic mass is 32.2. The minimum absolute atomic E-state index is 0.0464. The minimum atomic E-state index is -0.0464. The maximum absolute atomic E-state index is 12.3. The standard InChI is InChI=1S/C26H29N5O2S/c1-30(2)15-14-28-25(32)21-8-4-20(5-9-21)18-34-26-29-23-12-13-27-16-24(23)31(26)17-19-6-10-22(33-3)11-7-19/h4-13,16H,14-15,17-18H2,1-3H3,(H,28,32). The first-order chi connectivity index (χ1) is 16.5. The molecule has 2 aromatic heterocycles. The van der Waals surface area contributed by atoms with Crippen molar-refractivity contribution in [3.63, 3.8) is 0 Å². The highest BCUT2D eigenvalue weighted by Gasteiger charge is 2.13. The topological polar surface area (TPSA) is 72.3 Å². The lowest BCUT2D eigenvalue weighted by atomic mass is 10.1. The number of ether oxygens (including phenoxy) is 1. The number of carbonyl (C=O) groups is 1. The molecule has 4 rings (SSSR count). The Morgan fingerprint density at radius 3 is 2.50 bits per heavy atom. The summed E-state index contributed by atoms with van der Waals surface area (Å²) in [5.74, 6) is 1.54. The van der Waals surface area contributed by atoms with Gasteiger partial charge in [0.1, 0.15) is 5.75 Å². The molecule has 176 valence electrons. The Bertz CT molecular complexity index is 1240. The van der Waals surface area contributed by atoms with Gasteiger partial charge in [-0.1, -0.05) is 36.0 Å². The summed E-state index contributed by atoms with van der Waals surface area (Å²) in [6.45, 7) is 2.14. The molecule has 1 N–H and O–H groups in total. The van der Waals surface area contributed by atoms with E-state index < -0.39 is 0 Å². The zero-order valence-electron chi connectivity index (χ0n) is 19.7. The fourth-order valence-corrected chi connectivity index (χ4v) is 4.49. The molecule has 34 heavy (non-hydrogen) atoms. The molecule has 0 radical (unpaired) electrons. The molecule has 0 aliphatic rings. The molecule has 0 spiro atoms. The molecule has 0 saturated carbocycles. The van der Waals surface area contributed by atoms with Crippen LogP contribution in [0.2, 0.25) is 0 Å². The van der Waals surface area contributed by atoms with E-state index in [1.165, 1.54) is 0 Å². The van der Waals surface area contributed by atoms with E-state index in [1.54, 1.807) is 25.1 Å². The molecular weight excluding hydrogens is 446 g/mol. The van der Waals surface area contributed by atoms with Gasteiger partial charge in [0.15, 0.2) is 5.16 Å². The first kappa shape index (κ1) is 23.8. The van der Waals surface area contributed by atoms with Crippen LogP contribution in [0.25, 0.3) is 11.0 Å². The number of carbonyl (C=O) groups excluding carboxylic acids is 1. The van der Waals surface area contributed by atoms with Crippen LogP contribution in [-0.2, 0) is 12.3 Å². The summed E-state index contributed by atoms with van der Waals surface area (Å²) in [4.78, 5) is 23.5. The quantitative estimate of drug-likeness (QED) is 0.349. The van der Waals surface area contributed by atoms with Crippen molar-refractivity contribution in [1.29, 1.82) is 0 Å². The molecule has 8 heteroatoms. The zero-order valence-corrected chi connectivity index (χ0v) is 20.5. The second-order valence-electron chi connectivity index (χ2n) is 8.24. The highest BCUT2D eigenvalue weighted by Crippen LogP contribution is 2.28. The third-order valence-electron chi connectivity index (χ3n) is 5.44. The summed E-state index contributed by atoms with van der Waals surface area (Å²) >= 11 is 1.68. The molecule has 0 aliphatic carbocycles. The van der Waals surface area contributed by atoms with Gasteiger partial charge in [-0.05, 0) is 55.6 Å². The maximum Gasteiger partial charge on any atom is 0.251 e. The third-order valence-corrected chi connectivity index (χ3v) is 6.49.